The Morgan fingerprint density at radius 3 is 2.36 bits per heavy atom. The highest BCUT2D eigenvalue weighted by atomic mass is 16.2. The van der Waals surface area contributed by atoms with Gasteiger partial charge in [0, 0.05) is 13.5 Å². The van der Waals surface area contributed by atoms with Crippen LogP contribution in [0.2, 0.25) is 0 Å². The maximum atomic E-state index is 13.4. The van der Waals surface area contributed by atoms with Crippen molar-refractivity contribution in [3.63, 3.8) is 0 Å². The minimum absolute atomic E-state index is 0.0973. The minimum Gasteiger partial charge on any atom is -0.356 e. The first kappa shape index (κ1) is 29.3. The van der Waals surface area contributed by atoms with E-state index in [1.807, 2.05) is 32.0 Å². The SMILES string of the molecule is CNC(C)C(=O)NC(C(=O)NC(CCCCNC(C)=O)C(=O)NC1CCCc2ccccc21)C(C)C. The molecule has 1 aromatic rings. The Balaban J connectivity index is 2.11. The van der Waals surface area contributed by atoms with Crippen LogP contribution in [-0.4, -0.2) is 55.3 Å². The summed E-state index contributed by atoms with van der Waals surface area (Å²) >= 11 is 0. The minimum atomic E-state index is -0.765. The number of hydrogen-bond donors (Lipinski definition) is 5. The topological polar surface area (TPSA) is 128 Å². The van der Waals surface area contributed by atoms with E-state index in [4.69, 9.17) is 0 Å². The van der Waals surface area contributed by atoms with E-state index in [0.717, 1.165) is 24.8 Å². The maximum absolute atomic E-state index is 13.4. The molecule has 0 saturated heterocycles. The molecule has 1 aliphatic carbocycles. The van der Waals surface area contributed by atoms with Crippen molar-refractivity contribution in [3.8, 4) is 0 Å². The summed E-state index contributed by atoms with van der Waals surface area (Å²) in [4.78, 5) is 50.2. The van der Waals surface area contributed by atoms with Gasteiger partial charge in [-0.15, -0.1) is 0 Å². The predicted molar refractivity (Wildman–Crippen MR) is 140 cm³/mol. The van der Waals surface area contributed by atoms with E-state index in [1.54, 1.807) is 14.0 Å². The lowest BCUT2D eigenvalue weighted by molar-refractivity contribution is -0.133. The third-order valence-electron chi connectivity index (χ3n) is 6.69. The molecular weight excluding hydrogens is 458 g/mol. The van der Waals surface area contributed by atoms with Crippen molar-refractivity contribution >= 4 is 23.6 Å². The number of unbranched alkanes of at least 4 members (excludes halogenated alkanes) is 1. The van der Waals surface area contributed by atoms with Gasteiger partial charge in [-0.3, -0.25) is 19.2 Å². The van der Waals surface area contributed by atoms with Gasteiger partial charge in [0.15, 0.2) is 0 Å². The van der Waals surface area contributed by atoms with Gasteiger partial charge in [0.2, 0.25) is 23.6 Å². The molecule has 4 amide bonds. The Morgan fingerprint density at radius 1 is 0.972 bits per heavy atom. The summed E-state index contributed by atoms with van der Waals surface area (Å²) in [6.07, 6.45) is 4.59. The fraction of sp³-hybridized carbons (Fsp3) is 0.630. The van der Waals surface area contributed by atoms with Gasteiger partial charge in [-0.1, -0.05) is 38.1 Å². The third kappa shape index (κ3) is 8.93. The van der Waals surface area contributed by atoms with Crippen LogP contribution in [0.1, 0.15) is 77.0 Å². The molecule has 9 nitrogen and oxygen atoms in total. The Kier molecular flexibility index (Phi) is 11.9. The fourth-order valence-electron chi connectivity index (χ4n) is 4.39. The Morgan fingerprint density at radius 2 is 1.69 bits per heavy atom. The third-order valence-corrected chi connectivity index (χ3v) is 6.69. The molecule has 200 valence electrons. The van der Waals surface area contributed by atoms with E-state index < -0.39 is 18.1 Å². The standard InChI is InChI=1S/C27H43N5O4/c1-17(2)24(32-25(34)18(3)28-5)27(36)31-23(14-8-9-16-29-19(4)33)26(35)30-22-15-10-12-20-11-6-7-13-21(20)22/h6-7,11,13,17-18,22-24,28H,8-10,12,14-16H2,1-5H3,(H,29,33)(H,30,35)(H,31,36)(H,32,34). The predicted octanol–water partition coefficient (Wildman–Crippen LogP) is 1.72. The van der Waals surface area contributed by atoms with Crippen molar-refractivity contribution in [2.24, 2.45) is 5.92 Å². The largest absolute Gasteiger partial charge is 0.356 e. The zero-order valence-corrected chi connectivity index (χ0v) is 22.3. The highest BCUT2D eigenvalue weighted by Gasteiger charge is 2.31. The number of fused-ring (bicyclic) bond motifs is 1. The van der Waals surface area contributed by atoms with Gasteiger partial charge in [-0.25, -0.2) is 0 Å². The smallest absolute Gasteiger partial charge is 0.243 e. The summed E-state index contributed by atoms with van der Waals surface area (Å²) in [5, 5.41) is 14.5. The van der Waals surface area contributed by atoms with E-state index in [-0.39, 0.29) is 35.6 Å². The Labute approximate surface area is 214 Å². The van der Waals surface area contributed by atoms with Gasteiger partial charge >= 0.3 is 0 Å². The molecule has 0 bridgehead atoms. The van der Waals surface area contributed by atoms with Gasteiger partial charge in [0.25, 0.3) is 0 Å². The van der Waals surface area contributed by atoms with Crippen LogP contribution < -0.4 is 26.6 Å². The van der Waals surface area contributed by atoms with E-state index in [1.165, 1.54) is 12.5 Å². The van der Waals surface area contributed by atoms with Crippen molar-refractivity contribution in [3.05, 3.63) is 35.4 Å². The highest BCUT2D eigenvalue weighted by molar-refractivity contribution is 5.93. The Hall–Kier alpha value is -2.94. The number of carbonyl (C=O) groups is 4. The molecule has 5 N–H and O–H groups in total. The summed E-state index contributed by atoms with van der Waals surface area (Å²) in [6.45, 7) is 7.41. The first-order valence-electron chi connectivity index (χ1n) is 13.0. The van der Waals surface area contributed by atoms with E-state index >= 15 is 0 Å². The molecular formula is C27H43N5O4. The molecule has 2 rings (SSSR count). The second-order valence-electron chi connectivity index (χ2n) is 9.93. The van der Waals surface area contributed by atoms with E-state index in [0.29, 0.717) is 25.8 Å². The molecule has 0 radical (unpaired) electrons. The van der Waals surface area contributed by atoms with Crippen molar-refractivity contribution in [1.82, 2.24) is 26.6 Å². The molecule has 1 aliphatic rings. The number of hydrogen-bond acceptors (Lipinski definition) is 5. The molecule has 1 aromatic carbocycles. The zero-order chi connectivity index (χ0) is 26.7. The summed E-state index contributed by atoms with van der Waals surface area (Å²) in [5.41, 5.74) is 2.37. The number of amides is 4. The summed E-state index contributed by atoms with van der Waals surface area (Å²) in [5.74, 6) is -1.15. The van der Waals surface area contributed by atoms with Crippen molar-refractivity contribution < 1.29 is 19.2 Å². The van der Waals surface area contributed by atoms with Gasteiger partial charge in [0.05, 0.1) is 12.1 Å². The number of benzene rings is 1. The normalized spacial score (nSPS) is 17.3. The molecule has 0 saturated carbocycles. The second-order valence-corrected chi connectivity index (χ2v) is 9.93. The number of aryl methyl sites for hydroxylation is 1. The lowest BCUT2D eigenvalue weighted by atomic mass is 9.87. The summed E-state index contributed by atoms with van der Waals surface area (Å²) in [6, 6.07) is 6.08. The molecule has 0 heterocycles. The van der Waals surface area contributed by atoms with Crippen LogP contribution >= 0.6 is 0 Å². The van der Waals surface area contributed by atoms with Crippen molar-refractivity contribution in [1.29, 1.82) is 0 Å². The molecule has 9 heteroatoms. The van der Waals surface area contributed by atoms with Crippen LogP contribution in [0.3, 0.4) is 0 Å². The fourth-order valence-corrected chi connectivity index (χ4v) is 4.39. The highest BCUT2D eigenvalue weighted by Crippen LogP contribution is 2.29. The first-order valence-corrected chi connectivity index (χ1v) is 13.0. The second kappa shape index (κ2) is 14.6. The maximum Gasteiger partial charge on any atom is 0.243 e. The molecule has 0 fully saturated rings. The number of carbonyl (C=O) groups excluding carboxylic acids is 4. The van der Waals surface area contributed by atoms with Gasteiger partial charge in [-0.05, 0) is 69.5 Å². The molecule has 0 aliphatic heterocycles. The zero-order valence-electron chi connectivity index (χ0n) is 22.3. The van der Waals surface area contributed by atoms with E-state index in [2.05, 4.69) is 32.7 Å². The van der Waals surface area contributed by atoms with Crippen LogP contribution in [-0.2, 0) is 25.6 Å². The van der Waals surface area contributed by atoms with E-state index in [9.17, 15) is 19.2 Å². The van der Waals surface area contributed by atoms with Crippen LogP contribution in [0.5, 0.6) is 0 Å². The number of nitrogens with one attached hydrogen (secondary N) is 5. The Bertz CT molecular complexity index is 904. The monoisotopic (exact) mass is 501 g/mol. The quantitative estimate of drug-likeness (QED) is 0.263. The molecule has 4 atom stereocenters. The average Bonchev–Trinajstić information content (AvgIpc) is 2.85. The van der Waals surface area contributed by atoms with Crippen LogP contribution in [0.15, 0.2) is 24.3 Å². The van der Waals surface area contributed by atoms with Crippen molar-refractivity contribution in [2.45, 2.75) is 90.4 Å². The lowest BCUT2D eigenvalue weighted by Gasteiger charge is -2.30. The van der Waals surface area contributed by atoms with Crippen LogP contribution in [0.4, 0.5) is 0 Å². The number of rotatable bonds is 13. The van der Waals surface area contributed by atoms with Gasteiger partial charge in [-0.2, -0.15) is 0 Å². The lowest BCUT2D eigenvalue weighted by Crippen LogP contribution is -2.57. The van der Waals surface area contributed by atoms with Crippen molar-refractivity contribution in [2.75, 3.05) is 13.6 Å². The number of likely N-dealkylation sites (N-methyl/N-ethyl adjacent to an activating group) is 1. The first-order chi connectivity index (χ1) is 17.1. The molecule has 36 heavy (non-hydrogen) atoms. The molecule has 0 spiro atoms. The molecule has 0 aromatic heterocycles. The summed E-state index contributed by atoms with van der Waals surface area (Å²) in [7, 11) is 1.68. The summed E-state index contributed by atoms with van der Waals surface area (Å²) < 4.78 is 0. The average molecular weight is 502 g/mol. The van der Waals surface area contributed by atoms with Gasteiger partial charge < -0.3 is 26.6 Å². The van der Waals surface area contributed by atoms with Gasteiger partial charge in [0.1, 0.15) is 12.1 Å². The van der Waals surface area contributed by atoms with Crippen LogP contribution in [0, 0.1) is 5.92 Å². The van der Waals surface area contributed by atoms with Crippen LogP contribution in [0.25, 0.3) is 0 Å². The molecule has 4 unspecified atom stereocenters.